The van der Waals surface area contributed by atoms with Gasteiger partial charge in [0.1, 0.15) is 11.9 Å². The number of sulfonamides is 1. The number of rotatable bonds is 15. The molecule has 0 spiro atoms. The summed E-state index contributed by atoms with van der Waals surface area (Å²) >= 11 is 0. The zero-order valence-corrected chi connectivity index (χ0v) is 25.3. The first-order chi connectivity index (χ1) is 20.7. The number of unbranched alkanes of at least 4 members (excludes halogenated alkanes) is 1. The lowest BCUT2D eigenvalue weighted by molar-refractivity contribution is -0.141. The zero-order valence-electron chi connectivity index (χ0n) is 24.5. The molecule has 0 aliphatic carbocycles. The Kier molecular flexibility index (Phi) is 11.0. The molecule has 0 saturated carbocycles. The Labute approximate surface area is 252 Å². The Hall–Kier alpha value is -4.12. The van der Waals surface area contributed by atoms with Gasteiger partial charge in [-0.05, 0) is 36.6 Å². The van der Waals surface area contributed by atoms with E-state index >= 15 is 0 Å². The molecule has 1 aliphatic rings. The average molecular weight is 612 g/mol. The van der Waals surface area contributed by atoms with Gasteiger partial charge in [0.15, 0.2) is 11.5 Å². The quantitative estimate of drug-likeness (QED) is 0.251. The molecule has 11 heteroatoms. The van der Waals surface area contributed by atoms with Gasteiger partial charge in [0, 0.05) is 44.1 Å². The van der Waals surface area contributed by atoms with Crippen LogP contribution in [-0.2, 0) is 32.6 Å². The van der Waals surface area contributed by atoms with Crippen LogP contribution in [0, 0.1) is 5.82 Å². The molecule has 3 aromatic rings. The molecular formula is C32H38FN3O6S. The van der Waals surface area contributed by atoms with E-state index in [1.165, 1.54) is 15.3 Å². The molecule has 4 rings (SSSR count). The van der Waals surface area contributed by atoms with Gasteiger partial charge in [-0.1, -0.05) is 61.9 Å². The fourth-order valence-electron chi connectivity index (χ4n) is 4.91. The molecule has 230 valence electrons. The summed E-state index contributed by atoms with van der Waals surface area (Å²) in [6.45, 7) is 2.44. The van der Waals surface area contributed by atoms with Crippen molar-refractivity contribution in [1.29, 1.82) is 0 Å². The van der Waals surface area contributed by atoms with Crippen molar-refractivity contribution in [3.63, 3.8) is 0 Å². The zero-order chi connectivity index (χ0) is 30.8. The number of ether oxygens (including phenoxy) is 2. The van der Waals surface area contributed by atoms with E-state index in [4.69, 9.17) is 9.47 Å². The number of anilines is 1. The monoisotopic (exact) mass is 611 g/mol. The minimum atomic E-state index is -3.69. The summed E-state index contributed by atoms with van der Waals surface area (Å²) in [6, 6.07) is 19.5. The van der Waals surface area contributed by atoms with Crippen LogP contribution >= 0.6 is 0 Å². The number of amides is 2. The van der Waals surface area contributed by atoms with Gasteiger partial charge in [-0.15, -0.1) is 0 Å². The van der Waals surface area contributed by atoms with E-state index in [0.29, 0.717) is 23.7 Å². The molecule has 0 aromatic heterocycles. The molecule has 0 fully saturated rings. The summed E-state index contributed by atoms with van der Waals surface area (Å²) in [6.07, 6.45) is 3.13. The molecular weight excluding hydrogens is 573 g/mol. The van der Waals surface area contributed by atoms with Gasteiger partial charge in [-0.2, -0.15) is 0 Å². The molecule has 43 heavy (non-hydrogen) atoms. The molecule has 1 atom stereocenters. The SMILES string of the molecule is CCCCNC(=O)[C@H](Cc1ccccc1)N(Cc1ccccc1F)C(=O)CCCN(c1ccc2c(c1)OCO2)S(C)(=O)=O. The molecule has 3 aromatic carbocycles. The van der Waals surface area contributed by atoms with E-state index in [1.54, 1.807) is 36.4 Å². The van der Waals surface area contributed by atoms with E-state index in [1.807, 2.05) is 37.3 Å². The smallest absolute Gasteiger partial charge is 0.243 e. The molecule has 0 saturated heterocycles. The van der Waals surface area contributed by atoms with Crippen LogP contribution in [0.15, 0.2) is 72.8 Å². The number of halogens is 1. The van der Waals surface area contributed by atoms with Gasteiger partial charge in [0.05, 0.1) is 11.9 Å². The standard InChI is InChI=1S/C32H38FN3O6S/c1-3-4-18-34-32(38)28(20-24-11-6-5-7-12-24)35(22-25-13-8-9-14-27(25)33)31(37)15-10-19-36(43(2,39)40)26-16-17-29-30(21-26)42-23-41-29/h5-9,11-14,16-17,21,28H,3-4,10,15,18-20,22-23H2,1-2H3,(H,34,38)/t28-/m0/s1. The lowest BCUT2D eigenvalue weighted by Crippen LogP contribution is -2.50. The summed E-state index contributed by atoms with van der Waals surface area (Å²) in [4.78, 5) is 28.8. The van der Waals surface area contributed by atoms with E-state index < -0.39 is 21.9 Å². The number of hydrogen-bond acceptors (Lipinski definition) is 6. The average Bonchev–Trinajstić information content (AvgIpc) is 3.46. The summed E-state index contributed by atoms with van der Waals surface area (Å²) in [5.74, 6) is -0.209. The third-order valence-electron chi connectivity index (χ3n) is 7.20. The number of nitrogens with one attached hydrogen (secondary N) is 1. The minimum absolute atomic E-state index is 0.0177. The van der Waals surface area contributed by atoms with Crippen LogP contribution in [0.1, 0.15) is 43.7 Å². The molecule has 2 amide bonds. The second kappa shape index (κ2) is 14.9. The van der Waals surface area contributed by atoms with Crippen LogP contribution in [0.4, 0.5) is 10.1 Å². The maximum Gasteiger partial charge on any atom is 0.243 e. The fraction of sp³-hybridized carbons (Fsp3) is 0.375. The maximum atomic E-state index is 14.8. The van der Waals surface area contributed by atoms with Crippen molar-refractivity contribution in [3.05, 3.63) is 89.7 Å². The Morgan fingerprint density at radius 1 is 0.977 bits per heavy atom. The fourth-order valence-corrected chi connectivity index (χ4v) is 5.87. The molecule has 1 aliphatic heterocycles. The van der Waals surface area contributed by atoms with E-state index in [-0.39, 0.29) is 56.5 Å². The van der Waals surface area contributed by atoms with Crippen molar-refractivity contribution < 1.29 is 31.9 Å². The highest BCUT2D eigenvalue weighted by molar-refractivity contribution is 7.92. The van der Waals surface area contributed by atoms with Crippen LogP contribution in [0.5, 0.6) is 11.5 Å². The van der Waals surface area contributed by atoms with Crippen molar-refractivity contribution in [3.8, 4) is 11.5 Å². The highest BCUT2D eigenvalue weighted by atomic mass is 32.2. The second-order valence-electron chi connectivity index (χ2n) is 10.4. The maximum absolute atomic E-state index is 14.8. The molecule has 0 unspecified atom stereocenters. The highest BCUT2D eigenvalue weighted by Crippen LogP contribution is 2.36. The first-order valence-electron chi connectivity index (χ1n) is 14.4. The number of nitrogens with zero attached hydrogens (tertiary/aromatic N) is 2. The summed E-state index contributed by atoms with van der Waals surface area (Å²) in [5.41, 5.74) is 1.53. The number of fused-ring (bicyclic) bond motifs is 1. The summed E-state index contributed by atoms with van der Waals surface area (Å²) in [5, 5.41) is 2.94. The van der Waals surface area contributed by atoms with Crippen LogP contribution in [-0.4, -0.2) is 57.3 Å². The van der Waals surface area contributed by atoms with Crippen molar-refractivity contribution in [2.75, 3.05) is 30.4 Å². The molecule has 0 radical (unpaired) electrons. The minimum Gasteiger partial charge on any atom is -0.454 e. The molecule has 1 N–H and O–H groups in total. The van der Waals surface area contributed by atoms with Gasteiger partial charge in [-0.3, -0.25) is 13.9 Å². The normalized spacial score (nSPS) is 12.9. The lowest BCUT2D eigenvalue weighted by Gasteiger charge is -2.32. The van der Waals surface area contributed by atoms with Crippen LogP contribution < -0.4 is 19.1 Å². The van der Waals surface area contributed by atoms with Crippen molar-refractivity contribution >= 4 is 27.5 Å². The Balaban J connectivity index is 1.57. The van der Waals surface area contributed by atoms with E-state index in [9.17, 15) is 22.4 Å². The molecule has 9 nitrogen and oxygen atoms in total. The summed E-state index contributed by atoms with van der Waals surface area (Å²) in [7, 11) is -3.69. The third-order valence-corrected chi connectivity index (χ3v) is 8.39. The number of carbonyl (C=O) groups is 2. The molecule has 1 heterocycles. The van der Waals surface area contributed by atoms with Crippen LogP contribution in [0.25, 0.3) is 0 Å². The first kappa shape index (κ1) is 31.8. The van der Waals surface area contributed by atoms with Gasteiger partial charge < -0.3 is 19.7 Å². The van der Waals surface area contributed by atoms with E-state index in [2.05, 4.69) is 5.32 Å². The van der Waals surface area contributed by atoms with Gasteiger partial charge in [0.25, 0.3) is 0 Å². The van der Waals surface area contributed by atoms with Gasteiger partial charge in [0.2, 0.25) is 28.6 Å². The number of benzene rings is 3. The third kappa shape index (κ3) is 8.70. The van der Waals surface area contributed by atoms with Crippen molar-refractivity contribution in [2.24, 2.45) is 0 Å². The number of hydrogen-bond donors (Lipinski definition) is 1. The Bertz CT molecular complexity index is 1500. The van der Waals surface area contributed by atoms with Crippen molar-refractivity contribution in [2.45, 2.75) is 51.6 Å². The lowest BCUT2D eigenvalue weighted by atomic mass is 10.0. The van der Waals surface area contributed by atoms with Gasteiger partial charge >= 0.3 is 0 Å². The van der Waals surface area contributed by atoms with Gasteiger partial charge in [-0.25, -0.2) is 12.8 Å². The summed E-state index contributed by atoms with van der Waals surface area (Å²) < 4.78 is 52.2. The second-order valence-corrected chi connectivity index (χ2v) is 12.3. The van der Waals surface area contributed by atoms with Crippen LogP contribution in [0.3, 0.4) is 0 Å². The molecule has 0 bridgehead atoms. The number of carbonyl (C=O) groups excluding carboxylic acids is 2. The Morgan fingerprint density at radius 2 is 1.70 bits per heavy atom. The Morgan fingerprint density at radius 3 is 2.42 bits per heavy atom. The predicted octanol–water partition coefficient (Wildman–Crippen LogP) is 4.66. The van der Waals surface area contributed by atoms with Crippen LogP contribution in [0.2, 0.25) is 0 Å². The topological polar surface area (TPSA) is 105 Å². The predicted molar refractivity (Wildman–Crippen MR) is 163 cm³/mol. The largest absolute Gasteiger partial charge is 0.454 e. The highest BCUT2D eigenvalue weighted by Gasteiger charge is 2.31. The van der Waals surface area contributed by atoms with Crippen molar-refractivity contribution in [1.82, 2.24) is 10.2 Å². The van der Waals surface area contributed by atoms with E-state index in [0.717, 1.165) is 24.7 Å². The first-order valence-corrected chi connectivity index (χ1v) is 16.2.